The van der Waals surface area contributed by atoms with Gasteiger partial charge in [-0.2, -0.15) is 5.10 Å². The van der Waals surface area contributed by atoms with Crippen molar-refractivity contribution in [3.05, 3.63) is 77.3 Å². The fraction of sp³-hybridized carbons (Fsp3) is 0.318. The van der Waals surface area contributed by atoms with Crippen LogP contribution in [0.1, 0.15) is 28.8 Å². The Labute approximate surface area is 175 Å². The highest BCUT2D eigenvalue weighted by Crippen LogP contribution is 2.20. The topological polar surface area (TPSA) is 54.3 Å². The van der Waals surface area contributed by atoms with E-state index in [-0.39, 0.29) is 5.91 Å². The van der Waals surface area contributed by atoms with Crippen molar-refractivity contribution in [2.75, 3.05) is 20.1 Å². The van der Waals surface area contributed by atoms with E-state index in [0.29, 0.717) is 11.6 Å². The lowest BCUT2D eigenvalue weighted by Crippen LogP contribution is -2.45. The van der Waals surface area contributed by atoms with Crippen LogP contribution in [0.15, 0.2) is 61.2 Å². The molecule has 150 valence electrons. The Balaban J connectivity index is 1.31. The second kappa shape index (κ2) is 8.76. The predicted molar refractivity (Wildman–Crippen MR) is 113 cm³/mol. The Hall–Kier alpha value is -2.70. The normalized spacial score (nSPS) is 15.1. The van der Waals surface area contributed by atoms with Crippen molar-refractivity contribution in [2.24, 2.45) is 0 Å². The Morgan fingerprint density at radius 3 is 2.41 bits per heavy atom. The van der Waals surface area contributed by atoms with Gasteiger partial charge in [-0.05, 0) is 61.9 Å². The molecular formula is C22H24ClN5O. The third-order valence-corrected chi connectivity index (χ3v) is 5.77. The van der Waals surface area contributed by atoms with E-state index in [1.165, 1.54) is 11.9 Å². The molecule has 1 aromatic heterocycles. The molecule has 0 atom stereocenters. The van der Waals surface area contributed by atoms with Crippen LogP contribution in [0.25, 0.3) is 5.69 Å². The molecular weight excluding hydrogens is 386 g/mol. The molecule has 0 radical (unpaired) electrons. The van der Waals surface area contributed by atoms with Gasteiger partial charge in [-0.1, -0.05) is 23.7 Å². The van der Waals surface area contributed by atoms with Gasteiger partial charge >= 0.3 is 0 Å². The summed E-state index contributed by atoms with van der Waals surface area (Å²) in [5, 5.41) is 4.87. The van der Waals surface area contributed by atoms with E-state index in [9.17, 15) is 4.79 Å². The summed E-state index contributed by atoms with van der Waals surface area (Å²) < 4.78 is 1.68. The molecule has 0 aliphatic carbocycles. The summed E-state index contributed by atoms with van der Waals surface area (Å²) in [5.74, 6) is 0.0916. The maximum absolute atomic E-state index is 12.9. The molecule has 2 aromatic carbocycles. The summed E-state index contributed by atoms with van der Waals surface area (Å²) in [5.41, 5.74) is 2.85. The molecule has 2 heterocycles. The lowest BCUT2D eigenvalue weighted by atomic mass is 10.0. The average molecular weight is 410 g/mol. The Bertz CT molecular complexity index is 932. The molecule has 3 aromatic rings. The minimum Gasteiger partial charge on any atom is -0.339 e. The van der Waals surface area contributed by atoms with Gasteiger partial charge in [-0.3, -0.25) is 9.69 Å². The molecule has 1 fully saturated rings. The lowest BCUT2D eigenvalue weighted by Gasteiger charge is -2.37. The number of hydrogen-bond acceptors (Lipinski definition) is 4. The molecule has 0 saturated carbocycles. The molecule has 4 rings (SSSR count). The van der Waals surface area contributed by atoms with Crippen LogP contribution in [0.4, 0.5) is 0 Å². The largest absolute Gasteiger partial charge is 0.339 e. The monoisotopic (exact) mass is 409 g/mol. The number of carbonyl (C=O) groups is 1. The van der Waals surface area contributed by atoms with Crippen LogP contribution in [0.2, 0.25) is 5.02 Å². The zero-order chi connectivity index (χ0) is 20.2. The fourth-order valence-corrected chi connectivity index (χ4v) is 3.92. The first kappa shape index (κ1) is 19.6. The highest BCUT2D eigenvalue weighted by molar-refractivity contribution is 6.30. The van der Waals surface area contributed by atoms with Gasteiger partial charge in [0.2, 0.25) is 0 Å². The van der Waals surface area contributed by atoms with Gasteiger partial charge in [0.05, 0.1) is 5.69 Å². The Morgan fingerprint density at radius 2 is 1.79 bits per heavy atom. The molecule has 0 unspecified atom stereocenters. The average Bonchev–Trinajstić information content (AvgIpc) is 3.30. The molecule has 1 amide bonds. The number of halogens is 1. The highest BCUT2D eigenvalue weighted by atomic mass is 35.5. The molecule has 0 N–H and O–H groups in total. The molecule has 1 aliphatic rings. The van der Waals surface area contributed by atoms with Crippen molar-refractivity contribution in [3.8, 4) is 5.69 Å². The summed E-state index contributed by atoms with van der Waals surface area (Å²) in [6.07, 6.45) is 5.09. The Morgan fingerprint density at radius 1 is 1.10 bits per heavy atom. The second-order valence-electron chi connectivity index (χ2n) is 7.45. The standard InChI is InChI=1S/C22H24ClN5O/c1-26(14-17-2-6-19(23)7-3-17)20-10-12-27(13-11-20)22(29)18-4-8-21(9-5-18)28-16-24-15-25-28/h2-9,15-16,20H,10-14H2,1H3. The number of carbonyl (C=O) groups excluding carboxylic acids is 1. The molecule has 1 aliphatic heterocycles. The minimum absolute atomic E-state index is 0.0916. The van der Waals surface area contributed by atoms with E-state index in [4.69, 9.17) is 11.6 Å². The lowest BCUT2D eigenvalue weighted by molar-refractivity contribution is 0.0639. The molecule has 0 spiro atoms. The third-order valence-electron chi connectivity index (χ3n) is 5.52. The van der Waals surface area contributed by atoms with Crippen molar-refractivity contribution in [3.63, 3.8) is 0 Å². The fourth-order valence-electron chi connectivity index (χ4n) is 3.80. The number of likely N-dealkylation sites (tertiary alicyclic amines) is 1. The summed E-state index contributed by atoms with van der Waals surface area (Å²) in [7, 11) is 2.15. The van der Waals surface area contributed by atoms with Crippen molar-refractivity contribution in [1.29, 1.82) is 0 Å². The van der Waals surface area contributed by atoms with Crippen LogP contribution in [0.5, 0.6) is 0 Å². The first-order valence-corrected chi connectivity index (χ1v) is 10.2. The maximum Gasteiger partial charge on any atom is 0.253 e. The zero-order valence-corrected chi connectivity index (χ0v) is 17.2. The summed E-state index contributed by atoms with van der Waals surface area (Å²) >= 11 is 5.97. The van der Waals surface area contributed by atoms with Gasteiger partial charge in [-0.25, -0.2) is 9.67 Å². The van der Waals surface area contributed by atoms with E-state index in [1.807, 2.05) is 41.3 Å². The van der Waals surface area contributed by atoms with Crippen LogP contribution in [-0.4, -0.2) is 56.7 Å². The number of rotatable bonds is 5. The molecule has 1 saturated heterocycles. The second-order valence-corrected chi connectivity index (χ2v) is 7.89. The van der Waals surface area contributed by atoms with Crippen LogP contribution in [0, 0.1) is 0 Å². The summed E-state index contributed by atoms with van der Waals surface area (Å²) in [6, 6.07) is 16.0. The van der Waals surface area contributed by atoms with Crippen molar-refractivity contribution in [2.45, 2.75) is 25.4 Å². The van der Waals surface area contributed by atoms with Gasteiger partial charge in [0.25, 0.3) is 5.91 Å². The van der Waals surface area contributed by atoms with Crippen LogP contribution < -0.4 is 0 Å². The number of benzene rings is 2. The van der Waals surface area contributed by atoms with E-state index < -0.39 is 0 Å². The molecule has 6 nitrogen and oxygen atoms in total. The van der Waals surface area contributed by atoms with Crippen LogP contribution >= 0.6 is 11.6 Å². The molecule has 0 bridgehead atoms. The summed E-state index contributed by atoms with van der Waals surface area (Å²) in [6.45, 7) is 2.44. The SMILES string of the molecule is CN(Cc1ccc(Cl)cc1)C1CCN(C(=O)c2ccc(-n3cncn3)cc2)CC1. The van der Waals surface area contributed by atoms with Gasteiger partial charge < -0.3 is 4.90 Å². The van der Waals surface area contributed by atoms with Crippen LogP contribution in [0.3, 0.4) is 0 Å². The van der Waals surface area contributed by atoms with E-state index >= 15 is 0 Å². The van der Waals surface area contributed by atoms with Crippen molar-refractivity contribution in [1.82, 2.24) is 24.6 Å². The van der Waals surface area contributed by atoms with Gasteiger partial charge in [0.1, 0.15) is 12.7 Å². The number of aromatic nitrogens is 3. The van der Waals surface area contributed by atoms with Gasteiger partial charge in [0, 0.05) is 36.3 Å². The summed E-state index contributed by atoms with van der Waals surface area (Å²) in [4.78, 5) is 21.1. The number of piperidine rings is 1. The van der Waals surface area contributed by atoms with E-state index in [2.05, 4.69) is 34.2 Å². The first-order chi connectivity index (χ1) is 14.1. The maximum atomic E-state index is 12.9. The van der Waals surface area contributed by atoms with Crippen LogP contribution in [-0.2, 0) is 6.54 Å². The number of hydrogen-bond donors (Lipinski definition) is 0. The molecule has 7 heteroatoms. The quantitative estimate of drug-likeness (QED) is 0.645. The minimum atomic E-state index is 0.0916. The van der Waals surface area contributed by atoms with Crippen molar-refractivity contribution >= 4 is 17.5 Å². The predicted octanol–water partition coefficient (Wildman–Crippen LogP) is 3.66. The number of nitrogens with zero attached hydrogens (tertiary/aromatic N) is 5. The van der Waals surface area contributed by atoms with E-state index in [1.54, 1.807) is 11.0 Å². The number of amides is 1. The Kier molecular flexibility index (Phi) is 5.92. The zero-order valence-electron chi connectivity index (χ0n) is 16.4. The molecule has 29 heavy (non-hydrogen) atoms. The smallest absolute Gasteiger partial charge is 0.253 e. The highest BCUT2D eigenvalue weighted by Gasteiger charge is 2.26. The van der Waals surface area contributed by atoms with Gasteiger partial charge in [0.15, 0.2) is 0 Å². The first-order valence-electron chi connectivity index (χ1n) is 9.79. The third kappa shape index (κ3) is 4.66. The van der Waals surface area contributed by atoms with E-state index in [0.717, 1.165) is 43.2 Å². The van der Waals surface area contributed by atoms with Crippen molar-refractivity contribution < 1.29 is 4.79 Å². The van der Waals surface area contributed by atoms with Gasteiger partial charge in [-0.15, -0.1) is 0 Å².